The van der Waals surface area contributed by atoms with Crippen molar-refractivity contribution in [1.29, 1.82) is 0 Å². The van der Waals surface area contributed by atoms with E-state index in [1.165, 1.54) is 6.92 Å². The van der Waals surface area contributed by atoms with Gasteiger partial charge in [-0.15, -0.1) is 0 Å². The lowest BCUT2D eigenvalue weighted by atomic mass is 10.00. The summed E-state index contributed by atoms with van der Waals surface area (Å²) in [5, 5.41) is 6.88. The average Bonchev–Trinajstić information content (AvgIpc) is 2.60. The fraction of sp³-hybridized carbons (Fsp3) is 0.579. The van der Waals surface area contributed by atoms with Crippen LogP contribution in [0.4, 0.5) is 0 Å². The monoisotopic (exact) mass is 365 g/mol. The zero-order chi connectivity index (χ0) is 18.2. The van der Waals surface area contributed by atoms with Crippen molar-refractivity contribution in [2.45, 2.75) is 51.6 Å². The summed E-state index contributed by atoms with van der Waals surface area (Å²) in [5.74, 6) is -0.0425. The van der Waals surface area contributed by atoms with Crippen molar-refractivity contribution in [3.63, 3.8) is 0 Å². The van der Waals surface area contributed by atoms with Gasteiger partial charge in [0.1, 0.15) is 0 Å². The maximum atomic E-state index is 13.0. The second-order valence-corrected chi connectivity index (χ2v) is 7.01. The summed E-state index contributed by atoms with van der Waals surface area (Å²) in [4.78, 5) is 26.6. The van der Waals surface area contributed by atoms with Gasteiger partial charge in [0.05, 0.1) is 12.5 Å². The molecule has 0 bridgehead atoms. The summed E-state index contributed by atoms with van der Waals surface area (Å²) in [6.45, 7) is 6.22. The summed E-state index contributed by atoms with van der Waals surface area (Å²) in [5.41, 5.74) is 0.898. The largest absolute Gasteiger partial charge is 0.349 e. The van der Waals surface area contributed by atoms with Gasteiger partial charge >= 0.3 is 0 Å². The molecule has 2 N–H and O–H groups in total. The van der Waals surface area contributed by atoms with E-state index in [0.29, 0.717) is 5.02 Å². The lowest BCUT2D eigenvalue weighted by Crippen LogP contribution is -2.47. The molecular formula is C19H28ClN3O2. The van der Waals surface area contributed by atoms with Gasteiger partial charge in [-0.3, -0.25) is 9.59 Å². The number of hydrogen-bond acceptors (Lipinski definition) is 3. The number of hydrogen-bond donors (Lipinski definition) is 2. The van der Waals surface area contributed by atoms with Crippen LogP contribution in [0.2, 0.25) is 5.02 Å². The van der Waals surface area contributed by atoms with Gasteiger partial charge in [0.25, 0.3) is 0 Å². The first-order valence-corrected chi connectivity index (χ1v) is 9.41. The molecule has 0 aliphatic carbocycles. The Labute approximate surface area is 155 Å². The van der Waals surface area contributed by atoms with E-state index in [0.717, 1.165) is 44.5 Å². The minimum Gasteiger partial charge on any atom is -0.349 e. The molecule has 1 fully saturated rings. The molecule has 1 unspecified atom stereocenters. The van der Waals surface area contributed by atoms with Crippen molar-refractivity contribution in [3.05, 3.63) is 34.9 Å². The summed E-state index contributed by atoms with van der Waals surface area (Å²) >= 11 is 5.95. The van der Waals surface area contributed by atoms with Crippen LogP contribution < -0.4 is 10.6 Å². The van der Waals surface area contributed by atoms with E-state index in [1.54, 1.807) is 12.1 Å². The molecule has 1 aliphatic heterocycles. The molecule has 0 radical (unpaired) electrons. The smallest absolute Gasteiger partial charge is 0.225 e. The molecule has 138 valence electrons. The van der Waals surface area contributed by atoms with Gasteiger partial charge in [0.15, 0.2) is 0 Å². The highest BCUT2D eigenvalue weighted by atomic mass is 35.5. The van der Waals surface area contributed by atoms with Crippen LogP contribution in [0.5, 0.6) is 0 Å². The van der Waals surface area contributed by atoms with Gasteiger partial charge in [-0.1, -0.05) is 30.7 Å². The molecule has 2 rings (SSSR count). The molecule has 0 saturated carbocycles. The Morgan fingerprint density at radius 2 is 1.92 bits per heavy atom. The minimum atomic E-state index is -0.330. The van der Waals surface area contributed by atoms with Gasteiger partial charge in [0, 0.05) is 24.5 Å². The van der Waals surface area contributed by atoms with Crippen molar-refractivity contribution in [1.82, 2.24) is 15.5 Å². The SMILES string of the molecule is CCCN(C(=O)CC(NC(C)=O)c1ccc(Cl)cc1)C1CCNCC1. The van der Waals surface area contributed by atoms with Crippen LogP contribution in [0.15, 0.2) is 24.3 Å². The van der Waals surface area contributed by atoms with E-state index in [1.807, 2.05) is 17.0 Å². The van der Waals surface area contributed by atoms with Gasteiger partial charge in [-0.25, -0.2) is 0 Å². The number of halogens is 1. The Bertz CT molecular complexity index is 571. The van der Waals surface area contributed by atoms with Gasteiger partial charge in [-0.2, -0.15) is 0 Å². The molecule has 6 heteroatoms. The van der Waals surface area contributed by atoms with Crippen LogP contribution in [0.1, 0.15) is 51.1 Å². The Kier molecular flexibility index (Phi) is 7.72. The van der Waals surface area contributed by atoms with E-state index in [2.05, 4.69) is 17.6 Å². The molecule has 0 aromatic heterocycles. The van der Waals surface area contributed by atoms with Crippen LogP contribution in [-0.4, -0.2) is 42.4 Å². The number of piperidine rings is 1. The maximum absolute atomic E-state index is 13.0. The van der Waals surface area contributed by atoms with Gasteiger partial charge < -0.3 is 15.5 Å². The van der Waals surface area contributed by atoms with Crippen molar-refractivity contribution in [3.8, 4) is 0 Å². The van der Waals surface area contributed by atoms with Crippen molar-refractivity contribution >= 4 is 23.4 Å². The molecule has 5 nitrogen and oxygen atoms in total. The van der Waals surface area contributed by atoms with Crippen LogP contribution in [0.3, 0.4) is 0 Å². The van der Waals surface area contributed by atoms with Crippen LogP contribution in [0, 0.1) is 0 Å². The Morgan fingerprint density at radius 3 is 2.48 bits per heavy atom. The Hall–Kier alpha value is -1.59. The number of carbonyl (C=O) groups excluding carboxylic acids is 2. The third-order valence-electron chi connectivity index (χ3n) is 4.56. The molecule has 25 heavy (non-hydrogen) atoms. The first kappa shape index (κ1) is 19.7. The molecular weight excluding hydrogens is 338 g/mol. The van der Waals surface area contributed by atoms with E-state index >= 15 is 0 Å². The number of amides is 2. The first-order chi connectivity index (χ1) is 12.0. The fourth-order valence-corrected chi connectivity index (χ4v) is 3.48. The number of rotatable bonds is 7. The molecule has 1 aromatic carbocycles. The van der Waals surface area contributed by atoms with Crippen LogP contribution in [-0.2, 0) is 9.59 Å². The lowest BCUT2D eigenvalue weighted by Gasteiger charge is -2.35. The Balaban J connectivity index is 2.12. The highest BCUT2D eigenvalue weighted by Crippen LogP contribution is 2.22. The molecule has 1 aliphatic rings. The molecule has 2 amide bonds. The van der Waals surface area contributed by atoms with E-state index < -0.39 is 0 Å². The van der Waals surface area contributed by atoms with Crippen LogP contribution >= 0.6 is 11.6 Å². The van der Waals surface area contributed by atoms with Gasteiger partial charge in [0.2, 0.25) is 11.8 Å². The summed E-state index contributed by atoms with van der Waals surface area (Å²) in [6.07, 6.45) is 3.17. The number of nitrogens with one attached hydrogen (secondary N) is 2. The van der Waals surface area contributed by atoms with E-state index in [9.17, 15) is 9.59 Å². The van der Waals surface area contributed by atoms with Crippen molar-refractivity contribution < 1.29 is 9.59 Å². The molecule has 0 spiro atoms. The third kappa shape index (κ3) is 6.01. The van der Waals surface area contributed by atoms with Gasteiger partial charge in [-0.05, 0) is 50.0 Å². The number of benzene rings is 1. The highest BCUT2D eigenvalue weighted by Gasteiger charge is 2.27. The molecule has 1 atom stereocenters. The quantitative estimate of drug-likeness (QED) is 0.781. The normalized spacial score (nSPS) is 16.3. The molecule has 1 saturated heterocycles. The Morgan fingerprint density at radius 1 is 1.28 bits per heavy atom. The topological polar surface area (TPSA) is 61.4 Å². The fourth-order valence-electron chi connectivity index (χ4n) is 3.35. The lowest BCUT2D eigenvalue weighted by molar-refractivity contribution is -0.135. The highest BCUT2D eigenvalue weighted by molar-refractivity contribution is 6.30. The van der Waals surface area contributed by atoms with Crippen molar-refractivity contribution in [2.75, 3.05) is 19.6 Å². The summed E-state index contributed by atoms with van der Waals surface area (Å²) in [7, 11) is 0. The predicted molar refractivity (Wildman–Crippen MR) is 101 cm³/mol. The maximum Gasteiger partial charge on any atom is 0.225 e. The van der Waals surface area contributed by atoms with E-state index in [-0.39, 0.29) is 30.3 Å². The number of carbonyl (C=O) groups is 2. The van der Waals surface area contributed by atoms with Crippen LogP contribution in [0.25, 0.3) is 0 Å². The second-order valence-electron chi connectivity index (χ2n) is 6.58. The third-order valence-corrected chi connectivity index (χ3v) is 4.81. The first-order valence-electron chi connectivity index (χ1n) is 9.04. The molecule has 1 heterocycles. The average molecular weight is 366 g/mol. The zero-order valence-electron chi connectivity index (χ0n) is 15.1. The zero-order valence-corrected chi connectivity index (χ0v) is 15.8. The minimum absolute atomic E-state index is 0.0995. The summed E-state index contributed by atoms with van der Waals surface area (Å²) in [6, 6.07) is 7.26. The molecule has 1 aromatic rings. The van der Waals surface area contributed by atoms with E-state index in [4.69, 9.17) is 11.6 Å². The number of nitrogens with zero attached hydrogens (tertiary/aromatic N) is 1. The standard InChI is InChI=1S/C19H28ClN3O2/c1-3-12-23(17-8-10-21-11-9-17)19(25)13-18(22-14(2)24)15-4-6-16(20)7-5-15/h4-7,17-18,21H,3,8-13H2,1-2H3,(H,22,24). The van der Waals surface area contributed by atoms with Crippen molar-refractivity contribution in [2.24, 2.45) is 0 Å². The second kappa shape index (κ2) is 9.78. The predicted octanol–water partition coefficient (Wildman–Crippen LogP) is 2.90. The summed E-state index contributed by atoms with van der Waals surface area (Å²) < 4.78 is 0.